The second-order valence-corrected chi connectivity index (χ2v) is 10.9. The first-order valence-corrected chi connectivity index (χ1v) is 13.9. The molecular formula is C32H35ClN2O2. The monoisotopic (exact) mass is 514 g/mol. The molecule has 0 bridgehead atoms. The summed E-state index contributed by atoms with van der Waals surface area (Å²) in [4.78, 5) is 30.3. The van der Waals surface area contributed by atoms with Crippen molar-refractivity contribution in [1.82, 2.24) is 9.80 Å². The number of amides is 1. The Morgan fingerprint density at radius 3 is 2.19 bits per heavy atom. The Balaban J connectivity index is 1.10. The first-order chi connectivity index (χ1) is 18.0. The Morgan fingerprint density at radius 2 is 1.46 bits per heavy atom. The number of fused-ring (bicyclic) bond motifs is 1. The van der Waals surface area contributed by atoms with Crippen LogP contribution in [0.4, 0.5) is 0 Å². The maximum atomic E-state index is 13.1. The number of carbonyl (C=O) groups excluding carboxylic acids is 2. The van der Waals surface area contributed by atoms with Crippen LogP contribution < -0.4 is 0 Å². The van der Waals surface area contributed by atoms with Gasteiger partial charge in [0, 0.05) is 55.3 Å². The van der Waals surface area contributed by atoms with Crippen molar-refractivity contribution in [3.63, 3.8) is 0 Å². The lowest BCUT2D eigenvalue weighted by Crippen LogP contribution is -2.38. The fourth-order valence-corrected chi connectivity index (χ4v) is 5.75. The summed E-state index contributed by atoms with van der Waals surface area (Å²) in [6.07, 6.45) is 5.40. The van der Waals surface area contributed by atoms with Crippen LogP contribution in [0.3, 0.4) is 0 Å². The highest BCUT2D eigenvalue weighted by atomic mass is 35.5. The van der Waals surface area contributed by atoms with Crippen LogP contribution in [-0.2, 0) is 19.4 Å². The van der Waals surface area contributed by atoms with Crippen molar-refractivity contribution < 1.29 is 9.59 Å². The van der Waals surface area contributed by atoms with Crippen LogP contribution in [0.2, 0.25) is 5.02 Å². The third-order valence-corrected chi connectivity index (χ3v) is 8.20. The summed E-state index contributed by atoms with van der Waals surface area (Å²) in [5, 5.41) is 0.638. The van der Waals surface area contributed by atoms with Gasteiger partial charge in [0.25, 0.3) is 5.91 Å². The van der Waals surface area contributed by atoms with Crippen molar-refractivity contribution in [1.29, 1.82) is 0 Å². The Kier molecular flexibility index (Phi) is 8.38. The molecule has 0 radical (unpaired) electrons. The lowest BCUT2D eigenvalue weighted by molar-refractivity contribution is 0.0681. The van der Waals surface area contributed by atoms with Gasteiger partial charge in [-0.2, -0.15) is 0 Å². The molecular weight excluding hydrogens is 480 g/mol. The van der Waals surface area contributed by atoms with Crippen molar-refractivity contribution in [2.75, 3.05) is 26.2 Å². The number of hydrogen-bond donors (Lipinski definition) is 0. The van der Waals surface area contributed by atoms with Gasteiger partial charge in [-0.15, -0.1) is 0 Å². The van der Waals surface area contributed by atoms with Crippen molar-refractivity contribution in [2.24, 2.45) is 5.92 Å². The fourth-order valence-electron chi connectivity index (χ4n) is 5.62. The van der Waals surface area contributed by atoms with E-state index < -0.39 is 0 Å². The van der Waals surface area contributed by atoms with E-state index in [4.69, 9.17) is 11.6 Å². The number of benzene rings is 3. The summed E-state index contributed by atoms with van der Waals surface area (Å²) in [7, 11) is 0. The predicted octanol–water partition coefficient (Wildman–Crippen LogP) is 6.46. The summed E-state index contributed by atoms with van der Waals surface area (Å²) in [5.74, 6) is 0.803. The lowest BCUT2D eigenvalue weighted by Gasteiger charge is -2.32. The molecule has 3 aromatic rings. The van der Waals surface area contributed by atoms with Crippen LogP contribution in [0.1, 0.15) is 63.1 Å². The van der Waals surface area contributed by atoms with Gasteiger partial charge < -0.3 is 4.90 Å². The molecule has 0 atom stereocenters. The number of halogens is 1. The number of Topliss-reactive ketones (excluding diaryl/α,β-unsaturated/α-hetero) is 1. The van der Waals surface area contributed by atoms with E-state index in [0.717, 1.165) is 70.4 Å². The number of carbonyl (C=O) groups is 2. The molecule has 192 valence electrons. The molecule has 0 saturated carbocycles. The second kappa shape index (κ2) is 12.1. The van der Waals surface area contributed by atoms with Crippen LogP contribution in [0.15, 0.2) is 72.8 Å². The number of likely N-dealkylation sites (tertiary alicyclic amines) is 1. The number of nitrogens with zero attached hydrogens (tertiary/aromatic N) is 2. The smallest absolute Gasteiger partial charge is 0.253 e. The number of rotatable bonds is 7. The molecule has 2 aliphatic rings. The highest BCUT2D eigenvalue weighted by Gasteiger charge is 2.24. The third-order valence-electron chi connectivity index (χ3n) is 7.94. The van der Waals surface area contributed by atoms with E-state index in [0.29, 0.717) is 22.9 Å². The fraction of sp³-hybridized carbons (Fsp3) is 0.375. The quantitative estimate of drug-likeness (QED) is 0.340. The average molecular weight is 515 g/mol. The molecule has 0 unspecified atom stereocenters. The Labute approximate surface area is 225 Å². The van der Waals surface area contributed by atoms with Gasteiger partial charge in [0.05, 0.1) is 0 Å². The largest absolute Gasteiger partial charge is 0.339 e. The van der Waals surface area contributed by atoms with Gasteiger partial charge in [0.15, 0.2) is 5.78 Å². The molecule has 37 heavy (non-hydrogen) atoms. The Morgan fingerprint density at radius 1 is 0.784 bits per heavy atom. The zero-order chi connectivity index (χ0) is 25.6. The van der Waals surface area contributed by atoms with Crippen molar-refractivity contribution in [2.45, 2.75) is 45.1 Å². The van der Waals surface area contributed by atoms with Crippen LogP contribution in [0.25, 0.3) is 0 Å². The zero-order valence-corrected chi connectivity index (χ0v) is 22.1. The minimum atomic E-state index is 0.0681. The molecule has 1 amide bonds. The van der Waals surface area contributed by atoms with Crippen LogP contribution in [-0.4, -0.2) is 47.7 Å². The maximum absolute atomic E-state index is 13.1. The number of piperidine rings is 1. The van der Waals surface area contributed by atoms with Gasteiger partial charge in [-0.1, -0.05) is 54.1 Å². The zero-order valence-electron chi connectivity index (χ0n) is 21.4. The van der Waals surface area contributed by atoms with Crippen LogP contribution in [0.5, 0.6) is 0 Å². The molecule has 0 aromatic heterocycles. The molecule has 1 saturated heterocycles. The summed E-state index contributed by atoms with van der Waals surface area (Å²) >= 11 is 5.95. The maximum Gasteiger partial charge on any atom is 0.253 e. The molecule has 4 nitrogen and oxygen atoms in total. The van der Waals surface area contributed by atoms with Gasteiger partial charge in [0.1, 0.15) is 0 Å². The minimum Gasteiger partial charge on any atom is -0.339 e. The van der Waals surface area contributed by atoms with E-state index in [9.17, 15) is 9.59 Å². The van der Waals surface area contributed by atoms with Crippen LogP contribution >= 0.6 is 11.6 Å². The molecule has 0 N–H and O–H groups in total. The van der Waals surface area contributed by atoms with Crippen LogP contribution in [0, 0.1) is 5.92 Å². The highest BCUT2D eigenvalue weighted by Crippen LogP contribution is 2.26. The van der Waals surface area contributed by atoms with Gasteiger partial charge in [-0.25, -0.2) is 0 Å². The summed E-state index contributed by atoms with van der Waals surface area (Å²) in [6, 6.07) is 24.1. The van der Waals surface area contributed by atoms with Gasteiger partial charge >= 0.3 is 0 Å². The minimum absolute atomic E-state index is 0.0681. The summed E-state index contributed by atoms with van der Waals surface area (Å²) in [6.45, 7) is 4.54. The van der Waals surface area contributed by atoms with Crippen molar-refractivity contribution in [3.05, 3.63) is 106 Å². The van der Waals surface area contributed by atoms with Gasteiger partial charge in [0.2, 0.25) is 0 Å². The first-order valence-electron chi connectivity index (χ1n) is 13.5. The van der Waals surface area contributed by atoms with E-state index in [1.165, 1.54) is 16.7 Å². The molecule has 2 heterocycles. The Bertz CT molecular complexity index is 1220. The molecule has 3 aromatic carbocycles. The molecule has 0 spiro atoms. The predicted molar refractivity (Wildman–Crippen MR) is 149 cm³/mol. The molecule has 1 fully saturated rings. The van der Waals surface area contributed by atoms with Crippen molar-refractivity contribution >= 4 is 23.3 Å². The average Bonchev–Trinajstić information content (AvgIpc) is 3.14. The normalized spacial score (nSPS) is 16.7. The van der Waals surface area contributed by atoms with E-state index >= 15 is 0 Å². The van der Waals surface area contributed by atoms with Gasteiger partial charge in [-0.3, -0.25) is 14.5 Å². The SMILES string of the molecule is O=C(CCC1CCN(C(=O)c2ccc(Cl)cc2)CC1)c1ccc2c(c1)CCN(Cc1ccccc1)CC2. The number of ketones is 1. The Hall–Kier alpha value is -2.95. The molecule has 2 aliphatic heterocycles. The number of hydrogen-bond acceptors (Lipinski definition) is 3. The van der Waals surface area contributed by atoms with Gasteiger partial charge in [-0.05, 0) is 85.0 Å². The summed E-state index contributed by atoms with van der Waals surface area (Å²) < 4.78 is 0. The lowest BCUT2D eigenvalue weighted by atomic mass is 9.89. The van der Waals surface area contributed by atoms with E-state index in [1.54, 1.807) is 24.3 Å². The van der Waals surface area contributed by atoms with E-state index in [1.807, 2.05) is 11.0 Å². The topological polar surface area (TPSA) is 40.6 Å². The van der Waals surface area contributed by atoms with E-state index in [2.05, 4.69) is 47.4 Å². The summed E-state index contributed by atoms with van der Waals surface area (Å²) in [5.41, 5.74) is 5.60. The molecule has 5 rings (SSSR count). The molecule has 0 aliphatic carbocycles. The first kappa shape index (κ1) is 25.7. The standard InChI is InChI=1S/C32H35ClN2O2/c33-30-11-9-27(10-12-30)32(37)35-20-14-24(15-21-35)6-13-31(36)29-8-7-26-16-18-34(19-17-28(26)22-29)23-25-4-2-1-3-5-25/h1-5,7-12,22,24H,6,13-21,23H2. The third kappa shape index (κ3) is 6.68. The molecule has 5 heteroatoms. The second-order valence-electron chi connectivity index (χ2n) is 10.4. The van der Waals surface area contributed by atoms with Crippen molar-refractivity contribution in [3.8, 4) is 0 Å². The highest BCUT2D eigenvalue weighted by molar-refractivity contribution is 6.30. The van der Waals surface area contributed by atoms with E-state index in [-0.39, 0.29) is 11.7 Å².